The van der Waals surface area contributed by atoms with Crippen LogP contribution in [-0.2, 0) is 0 Å². The molecule has 0 heterocycles. The monoisotopic (exact) mass is 285 g/mol. The van der Waals surface area contributed by atoms with Gasteiger partial charge >= 0.3 is 0 Å². The largest absolute Gasteiger partial charge is 0.490 e. The first-order valence-electron chi connectivity index (χ1n) is 6.83. The number of benzene rings is 1. The minimum absolute atomic E-state index is 0.167. The van der Waals surface area contributed by atoms with Gasteiger partial charge in [-0.25, -0.2) is 4.39 Å². The van der Waals surface area contributed by atoms with Gasteiger partial charge in [-0.15, -0.1) is 0 Å². The summed E-state index contributed by atoms with van der Waals surface area (Å²) in [6.07, 6.45) is 4.07. The standard InChI is InChI=1S/C15H24FNOS/c1-4-8-17-12(2)13-6-7-15(14(16)11-13)18-9-5-10-19-3/h6-7,11-12,17H,4-5,8-10H2,1-3H3. The van der Waals surface area contributed by atoms with Gasteiger partial charge in [0.25, 0.3) is 0 Å². The molecular weight excluding hydrogens is 261 g/mol. The van der Waals surface area contributed by atoms with E-state index in [2.05, 4.69) is 18.5 Å². The molecule has 1 N–H and O–H groups in total. The zero-order chi connectivity index (χ0) is 14.1. The van der Waals surface area contributed by atoms with Crippen LogP contribution in [0.1, 0.15) is 38.3 Å². The van der Waals surface area contributed by atoms with Gasteiger partial charge in [-0.05, 0) is 56.0 Å². The van der Waals surface area contributed by atoms with Gasteiger partial charge in [-0.2, -0.15) is 11.8 Å². The molecule has 0 saturated carbocycles. The zero-order valence-corrected chi connectivity index (χ0v) is 12.9. The maximum atomic E-state index is 13.9. The van der Waals surface area contributed by atoms with E-state index in [0.29, 0.717) is 12.4 Å². The van der Waals surface area contributed by atoms with Crippen LogP contribution in [0.3, 0.4) is 0 Å². The minimum atomic E-state index is -0.271. The third-order valence-corrected chi connectivity index (χ3v) is 3.60. The topological polar surface area (TPSA) is 21.3 Å². The Morgan fingerprint density at radius 2 is 2.21 bits per heavy atom. The molecule has 0 aromatic heterocycles. The summed E-state index contributed by atoms with van der Waals surface area (Å²) in [6.45, 7) is 5.67. The molecule has 1 aromatic rings. The maximum absolute atomic E-state index is 13.9. The zero-order valence-electron chi connectivity index (χ0n) is 12.0. The van der Waals surface area contributed by atoms with Gasteiger partial charge < -0.3 is 10.1 Å². The third kappa shape index (κ3) is 5.83. The Morgan fingerprint density at radius 1 is 1.42 bits per heavy atom. The van der Waals surface area contributed by atoms with Crippen LogP contribution in [0.25, 0.3) is 0 Å². The molecular formula is C15H24FNOS. The first kappa shape index (κ1) is 16.3. The Balaban J connectivity index is 2.53. The summed E-state index contributed by atoms with van der Waals surface area (Å²) in [5, 5.41) is 3.34. The van der Waals surface area contributed by atoms with Crippen molar-refractivity contribution in [2.75, 3.05) is 25.2 Å². The molecule has 0 spiro atoms. The molecule has 0 aliphatic carbocycles. The summed E-state index contributed by atoms with van der Waals surface area (Å²) in [5.74, 6) is 1.12. The Kier molecular flexibility index (Phi) is 7.91. The van der Waals surface area contributed by atoms with Crippen molar-refractivity contribution in [3.63, 3.8) is 0 Å². The molecule has 19 heavy (non-hydrogen) atoms. The summed E-state index contributed by atoms with van der Waals surface area (Å²) in [4.78, 5) is 0. The second-order valence-electron chi connectivity index (χ2n) is 4.56. The van der Waals surface area contributed by atoms with Crippen molar-refractivity contribution in [1.82, 2.24) is 5.32 Å². The van der Waals surface area contributed by atoms with Crippen molar-refractivity contribution in [3.8, 4) is 5.75 Å². The van der Waals surface area contributed by atoms with Crippen molar-refractivity contribution >= 4 is 11.8 Å². The molecule has 2 nitrogen and oxygen atoms in total. The Labute approximate surface area is 120 Å². The average molecular weight is 285 g/mol. The molecule has 4 heteroatoms. The SMILES string of the molecule is CCCNC(C)c1ccc(OCCCSC)c(F)c1. The minimum Gasteiger partial charge on any atom is -0.490 e. The van der Waals surface area contributed by atoms with Gasteiger partial charge in [-0.3, -0.25) is 0 Å². The van der Waals surface area contributed by atoms with Crippen LogP contribution in [0, 0.1) is 5.82 Å². The molecule has 0 aliphatic heterocycles. The van der Waals surface area contributed by atoms with E-state index >= 15 is 0 Å². The van der Waals surface area contributed by atoms with E-state index in [1.807, 2.05) is 13.0 Å². The quantitative estimate of drug-likeness (QED) is 0.692. The van der Waals surface area contributed by atoms with Crippen LogP contribution in [0.4, 0.5) is 4.39 Å². The number of ether oxygens (including phenoxy) is 1. The van der Waals surface area contributed by atoms with Crippen molar-refractivity contribution in [3.05, 3.63) is 29.6 Å². The van der Waals surface area contributed by atoms with E-state index in [9.17, 15) is 4.39 Å². The number of halogens is 1. The van der Waals surface area contributed by atoms with Crippen LogP contribution in [0.15, 0.2) is 18.2 Å². The molecule has 0 saturated heterocycles. The van der Waals surface area contributed by atoms with E-state index in [-0.39, 0.29) is 11.9 Å². The fraction of sp³-hybridized carbons (Fsp3) is 0.600. The van der Waals surface area contributed by atoms with Crippen molar-refractivity contribution < 1.29 is 9.13 Å². The first-order chi connectivity index (χ1) is 9.19. The molecule has 0 radical (unpaired) electrons. The summed E-state index contributed by atoms with van der Waals surface area (Å²) in [6, 6.07) is 5.39. The summed E-state index contributed by atoms with van der Waals surface area (Å²) < 4.78 is 19.3. The van der Waals surface area contributed by atoms with E-state index in [4.69, 9.17) is 4.74 Å². The highest BCUT2D eigenvalue weighted by molar-refractivity contribution is 7.98. The molecule has 1 rings (SSSR count). The van der Waals surface area contributed by atoms with Crippen LogP contribution in [0.5, 0.6) is 5.75 Å². The predicted molar refractivity (Wildman–Crippen MR) is 81.6 cm³/mol. The Bertz CT molecular complexity index is 373. The van der Waals surface area contributed by atoms with Crippen molar-refractivity contribution in [2.24, 2.45) is 0 Å². The third-order valence-electron chi connectivity index (χ3n) is 2.91. The van der Waals surface area contributed by atoms with Crippen molar-refractivity contribution in [1.29, 1.82) is 0 Å². The van der Waals surface area contributed by atoms with Gasteiger partial charge in [0.15, 0.2) is 11.6 Å². The average Bonchev–Trinajstić information content (AvgIpc) is 2.42. The first-order valence-corrected chi connectivity index (χ1v) is 8.23. The summed E-state index contributed by atoms with van der Waals surface area (Å²) >= 11 is 1.77. The van der Waals surface area contributed by atoms with Crippen molar-refractivity contribution in [2.45, 2.75) is 32.7 Å². The van der Waals surface area contributed by atoms with Gasteiger partial charge in [0.05, 0.1) is 6.61 Å². The number of nitrogens with one attached hydrogen (secondary N) is 1. The lowest BCUT2D eigenvalue weighted by molar-refractivity contribution is 0.302. The summed E-state index contributed by atoms with van der Waals surface area (Å²) in [5.41, 5.74) is 0.961. The highest BCUT2D eigenvalue weighted by Crippen LogP contribution is 2.22. The van der Waals surface area contributed by atoms with E-state index < -0.39 is 0 Å². The Hall–Kier alpha value is -0.740. The molecule has 1 aromatic carbocycles. The fourth-order valence-electron chi connectivity index (χ4n) is 1.77. The highest BCUT2D eigenvalue weighted by atomic mass is 32.2. The molecule has 0 fully saturated rings. The van der Waals surface area contributed by atoms with Gasteiger partial charge in [0.2, 0.25) is 0 Å². The van der Waals surface area contributed by atoms with Crippen LogP contribution >= 0.6 is 11.8 Å². The molecule has 108 valence electrons. The molecule has 1 unspecified atom stereocenters. The van der Waals surface area contributed by atoms with E-state index in [1.54, 1.807) is 23.9 Å². The van der Waals surface area contributed by atoms with Crippen LogP contribution < -0.4 is 10.1 Å². The number of hydrogen-bond acceptors (Lipinski definition) is 3. The fourth-order valence-corrected chi connectivity index (χ4v) is 2.17. The molecule has 1 atom stereocenters. The van der Waals surface area contributed by atoms with Gasteiger partial charge in [0.1, 0.15) is 0 Å². The highest BCUT2D eigenvalue weighted by Gasteiger charge is 2.09. The lowest BCUT2D eigenvalue weighted by atomic mass is 10.1. The number of hydrogen-bond donors (Lipinski definition) is 1. The Morgan fingerprint density at radius 3 is 2.84 bits per heavy atom. The van der Waals surface area contributed by atoms with Crippen LogP contribution in [0.2, 0.25) is 0 Å². The lowest BCUT2D eigenvalue weighted by Crippen LogP contribution is -2.19. The second-order valence-corrected chi connectivity index (χ2v) is 5.55. The molecule has 0 aliphatic rings. The van der Waals surface area contributed by atoms with Crippen LogP contribution in [-0.4, -0.2) is 25.2 Å². The predicted octanol–water partition coefficient (Wildman–Crippen LogP) is 4.02. The van der Waals surface area contributed by atoms with Gasteiger partial charge in [0, 0.05) is 6.04 Å². The lowest BCUT2D eigenvalue weighted by Gasteiger charge is -2.15. The summed E-state index contributed by atoms with van der Waals surface area (Å²) in [7, 11) is 0. The smallest absolute Gasteiger partial charge is 0.165 e. The maximum Gasteiger partial charge on any atom is 0.165 e. The number of rotatable bonds is 9. The van der Waals surface area contributed by atoms with E-state index in [1.165, 1.54) is 0 Å². The molecule has 0 amide bonds. The molecule has 0 bridgehead atoms. The number of thioether (sulfide) groups is 1. The van der Waals surface area contributed by atoms with Gasteiger partial charge in [-0.1, -0.05) is 13.0 Å². The second kappa shape index (κ2) is 9.21. The van der Waals surface area contributed by atoms with E-state index in [0.717, 1.165) is 30.7 Å². The normalized spacial score (nSPS) is 12.4.